The van der Waals surface area contributed by atoms with E-state index in [-0.39, 0.29) is 5.78 Å². The molecule has 0 bridgehead atoms. The Morgan fingerprint density at radius 2 is 2.03 bits per heavy atom. The van der Waals surface area contributed by atoms with Gasteiger partial charge in [-0.25, -0.2) is 0 Å². The zero-order valence-electron chi connectivity index (χ0n) is 19.3. The molecule has 1 aliphatic heterocycles. The molecule has 8 heteroatoms. The molecule has 0 atom stereocenters. The Morgan fingerprint density at radius 1 is 1.18 bits per heavy atom. The number of hydrogen-bond donors (Lipinski definition) is 1. The number of methoxy groups -OCH3 is 1. The maximum Gasteiger partial charge on any atom is 0.217 e. The fourth-order valence-electron chi connectivity index (χ4n) is 3.99. The highest BCUT2D eigenvalue weighted by Gasteiger charge is 2.26. The van der Waals surface area contributed by atoms with Gasteiger partial charge >= 0.3 is 0 Å². The quantitative estimate of drug-likeness (QED) is 0.483. The molecule has 33 heavy (non-hydrogen) atoms. The van der Waals surface area contributed by atoms with E-state index < -0.39 is 0 Å². The second-order valence-corrected chi connectivity index (χ2v) is 9.63. The topological polar surface area (TPSA) is 80.9 Å². The van der Waals surface area contributed by atoms with Crippen LogP contribution in [0.1, 0.15) is 16.0 Å². The summed E-state index contributed by atoms with van der Waals surface area (Å²) in [5.74, 6) is 0.925. The molecule has 0 unspecified atom stereocenters. The average molecular weight is 467 g/mol. The molecule has 0 saturated heterocycles. The van der Waals surface area contributed by atoms with Gasteiger partial charge in [0.15, 0.2) is 5.78 Å². The highest BCUT2D eigenvalue weighted by atomic mass is 32.1. The van der Waals surface area contributed by atoms with E-state index in [9.17, 15) is 4.79 Å². The number of carbonyl (C=O) groups is 1. The van der Waals surface area contributed by atoms with Crippen LogP contribution < -0.4 is 15.4 Å². The number of benzene rings is 1. The lowest BCUT2D eigenvalue weighted by Gasteiger charge is -2.31. The molecule has 1 aliphatic rings. The Bertz CT molecular complexity index is 1130. The third kappa shape index (κ3) is 5.71. The molecule has 0 radical (unpaired) electrons. The summed E-state index contributed by atoms with van der Waals surface area (Å²) in [6, 6.07) is 14.7. The van der Waals surface area contributed by atoms with Crippen molar-refractivity contribution in [2.45, 2.75) is 19.5 Å². The zero-order chi connectivity index (χ0) is 23.4. The van der Waals surface area contributed by atoms with Crippen molar-refractivity contribution in [1.29, 1.82) is 0 Å². The zero-order valence-corrected chi connectivity index (χ0v) is 20.2. The van der Waals surface area contributed by atoms with Crippen molar-refractivity contribution in [1.82, 2.24) is 9.88 Å². The number of aromatic nitrogens is 1. The van der Waals surface area contributed by atoms with Crippen LogP contribution in [-0.2, 0) is 29.0 Å². The number of fused-ring (bicyclic) bond motifs is 1. The number of Topliss-reactive ketones (excluding diaryl/α,β-unsaturated/α-hetero) is 1. The summed E-state index contributed by atoms with van der Waals surface area (Å²) in [5.41, 5.74) is 10.2. The monoisotopic (exact) mass is 466 g/mol. The summed E-state index contributed by atoms with van der Waals surface area (Å²) in [5, 5.41) is 0. The summed E-state index contributed by atoms with van der Waals surface area (Å²) >= 11 is 1.81. The Balaban J connectivity index is 1.58. The van der Waals surface area contributed by atoms with Crippen LogP contribution in [0.5, 0.6) is 5.88 Å². The second kappa shape index (κ2) is 10.3. The predicted molar refractivity (Wildman–Crippen MR) is 133 cm³/mol. The van der Waals surface area contributed by atoms with Gasteiger partial charge in [0.25, 0.3) is 0 Å². The molecule has 3 aromatic rings. The van der Waals surface area contributed by atoms with Gasteiger partial charge in [-0.3, -0.25) is 4.79 Å². The molecular weight excluding hydrogens is 436 g/mol. The molecule has 0 aliphatic carbocycles. The van der Waals surface area contributed by atoms with Crippen molar-refractivity contribution < 1.29 is 14.3 Å². The van der Waals surface area contributed by atoms with Crippen LogP contribution in [-0.4, -0.2) is 56.6 Å². The van der Waals surface area contributed by atoms with Gasteiger partial charge in [-0.05, 0) is 43.4 Å². The molecule has 0 fully saturated rings. The second-order valence-electron chi connectivity index (χ2n) is 8.46. The molecule has 0 amide bonds. The van der Waals surface area contributed by atoms with E-state index >= 15 is 0 Å². The van der Waals surface area contributed by atoms with Crippen LogP contribution in [0.15, 0.2) is 42.5 Å². The third-order valence-corrected chi connectivity index (χ3v) is 6.57. The SMILES string of the molecule is COCCOc1cc2c(c(N)n1)CC(=O)CN2Cc1cccc(-c2ccc(CN(C)C)s2)c1. The number of hydrogen-bond acceptors (Lipinski definition) is 8. The fourth-order valence-corrected chi connectivity index (χ4v) is 5.11. The van der Waals surface area contributed by atoms with Crippen LogP contribution in [0, 0.1) is 0 Å². The largest absolute Gasteiger partial charge is 0.475 e. The normalized spacial score (nSPS) is 13.5. The number of pyridine rings is 1. The van der Waals surface area contributed by atoms with Gasteiger partial charge in [-0.15, -0.1) is 11.3 Å². The Kier molecular flexibility index (Phi) is 7.27. The summed E-state index contributed by atoms with van der Waals surface area (Å²) in [6.07, 6.45) is 0.299. The summed E-state index contributed by atoms with van der Waals surface area (Å²) in [6.45, 7) is 2.72. The lowest BCUT2D eigenvalue weighted by atomic mass is 10.0. The number of ketones is 1. The first-order chi connectivity index (χ1) is 15.9. The van der Waals surface area contributed by atoms with Crippen molar-refractivity contribution in [3.05, 3.63) is 58.5 Å². The molecule has 0 saturated carbocycles. The van der Waals surface area contributed by atoms with Crippen molar-refractivity contribution in [3.63, 3.8) is 0 Å². The van der Waals surface area contributed by atoms with Crippen molar-refractivity contribution >= 4 is 28.6 Å². The summed E-state index contributed by atoms with van der Waals surface area (Å²) in [4.78, 5) is 23.6. The van der Waals surface area contributed by atoms with Gasteiger partial charge in [-0.1, -0.05) is 18.2 Å². The first-order valence-electron chi connectivity index (χ1n) is 10.9. The number of nitrogen functional groups attached to an aromatic ring is 1. The number of thiophene rings is 1. The number of ether oxygens (including phenoxy) is 2. The fraction of sp³-hybridized carbons (Fsp3) is 0.360. The molecule has 4 rings (SSSR count). The maximum absolute atomic E-state index is 12.5. The van der Waals surface area contributed by atoms with E-state index in [0.717, 1.165) is 23.4 Å². The van der Waals surface area contributed by atoms with Crippen LogP contribution in [0.4, 0.5) is 11.5 Å². The molecular formula is C25H30N4O3S. The van der Waals surface area contributed by atoms with Gasteiger partial charge in [0.1, 0.15) is 12.4 Å². The summed E-state index contributed by atoms with van der Waals surface area (Å²) < 4.78 is 10.7. The minimum atomic E-state index is 0.131. The number of nitrogens with zero attached hydrogens (tertiary/aromatic N) is 3. The van der Waals surface area contributed by atoms with E-state index in [2.05, 4.69) is 65.3 Å². The molecule has 0 spiro atoms. The van der Waals surface area contributed by atoms with Crippen LogP contribution in [0.2, 0.25) is 0 Å². The van der Waals surface area contributed by atoms with Crippen molar-refractivity contribution in [3.8, 4) is 16.3 Å². The maximum atomic E-state index is 12.5. The first kappa shape index (κ1) is 23.2. The van der Waals surface area contributed by atoms with E-state index in [1.54, 1.807) is 7.11 Å². The van der Waals surface area contributed by atoms with E-state index in [1.165, 1.54) is 15.3 Å². The van der Waals surface area contributed by atoms with Crippen LogP contribution in [0.25, 0.3) is 10.4 Å². The molecule has 174 valence electrons. The Morgan fingerprint density at radius 3 is 2.82 bits per heavy atom. The van der Waals surface area contributed by atoms with E-state index in [0.29, 0.717) is 44.4 Å². The van der Waals surface area contributed by atoms with Gasteiger partial charge in [0.2, 0.25) is 5.88 Å². The Hall–Kier alpha value is -2.94. The van der Waals surface area contributed by atoms with Gasteiger partial charge in [0.05, 0.1) is 18.8 Å². The highest BCUT2D eigenvalue weighted by Crippen LogP contribution is 2.34. The molecule has 2 aromatic heterocycles. The van der Waals surface area contributed by atoms with Gasteiger partial charge in [0, 0.05) is 48.0 Å². The number of carbonyl (C=O) groups excluding carboxylic acids is 1. The molecule has 3 heterocycles. The van der Waals surface area contributed by atoms with Crippen molar-refractivity contribution in [2.24, 2.45) is 0 Å². The average Bonchev–Trinajstić information content (AvgIpc) is 3.23. The molecule has 7 nitrogen and oxygen atoms in total. The van der Waals surface area contributed by atoms with Crippen LogP contribution in [0.3, 0.4) is 0 Å². The Labute approximate surface area is 198 Å². The number of rotatable bonds is 9. The van der Waals surface area contributed by atoms with E-state index in [4.69, 9.17) is 15.2 Å². The van der Waals surface area contributed by atoms with Gasteiger partial charge in [-0.2, -0.15) is 4.98 Å². The predicted octanol–water partition coefficient (Wildman–Crippen LogP) is 3.61. The minimum Gasteiger partial charge on any atom is -0.475 e. The highest BCUT2D eigenvalue weighted by molar-refractivity contribution is 7.15. The van der Waals surface area contributed by atoms with Crippen molar-refractivity contribution in [2.75, 3.05) is 51.6 Å². The van der Waals surface area contributed by atoms with Crippen LogP contribution >= 0.6 is 11.3 Å². The lowest BCUT2D eigenvalue weighted by molar-refractivity contribution is -0.117. The first-order valence-corrected chi connectivity index (χ1v) is 11.7. The van der Waals surface area contributed by atoms with Gasteiger partial charge < -0.3 is 25.0 Å². The molecule has 2 N–H and O–H groups in total. The minimum absolute atomic E-state index is 0.131. The standard InChI is InChI=1S/C25H30N4O3S/c1-28(2)16-20-7-8-23(33-20)18-6-4-5-17(11-18)14-29-15-19(30)12-21-22(29)13-24(27-25(21)26)32-10-9-31-3/h4-8,11,13H,9-10,12,14-16H2,1-3H3,(H2,26,27). The van der Waals surface area contributed by atoms with E-state index in [1.807, 2.05) is 17.4 Å². The number of nitrogens with two attached hydrogens (primary N) is 1. The smallest absolute Gasteiger partial charge is 0.217 e. The molecule has 1 aromatic carbocycles. The summed E-state index contributed by atoms with van der Waals surface area (Å²) in [7, 11) is 5.78. The lowest BCUT2D eigenvalue weighted by Crippen LogP contribution is -2.36. The third-order valence-electron chi connectivity index (χ3n) is 5.45. The number of anilines is 2.